The number of hydrogen-bond donors (Lipinski definition) is 0. The summed E-state index contributed by atoms with van der Waals surface area (Å²) in [6.45, 7) is 4.98. The van der Waals surface area contributed by atoms with E-state index in [1.165, 1.54) is 31.0 Å². The maximum atomic E-state index is 13.3. The first kappa shape index (κ1) is 21.5. The highest BCUT2D eigenvalue weighted by atomic mass is 35.5. The van der Waals surface area contributed by atoms with E-state index in [1.54, 1.807) is 36.4 Å². The molecule has 29 heavy (non-hydrogen) atoms. The van der Waals surface area contributed by atoms with Crippen LogP contribution in [0.5, 0.6) is 5.75 Å². The SMILES string of the molecule is CCCCN1C(=CC(=O)c2cc(Cl)ccc2OC)SC(c2ccc(F)cc2)=C1C. The van der Waals surface area contributed by atoms with Gasteiger partial charge in [0.2, 0.25) is 0 Å². The number of carbonyl (C=O) groups is 1. The summed E-state index contributed by atoms with van der Waals surface area (Å²) in [6, 6.07) is 11.5. The van der Waals surface area contributed by atoms with Crippen LogP contribution in [0.2, 0.25) is 5.02 Å². The molecule has 0 fully saturated rings. The quantitative estimate of drug-likeness (QED) is 0.358. The highest BCUT2D eigenvalue weighted by Gasteiger charge is 2.27. The number of rotatable bonds is 7. The number of unbranched alkanes of at least 4 members (excludes halogenated alkanes) is 1. The minimum atomic E-state index is -0.267. The molecular formula is C23H23ClFNO2S. The molecule has 1 aliphatic heterocycles. The number of ether oxygens (including phenoxy) is 1. The summed E-state index contributed by atoms with van der Waals surface area (Å²) < 4.78 is 18.7. The zero-order valence-electron chi connectivity index (χ0n) is 16.7. The van der Waals surface area contributed by atoms with Gasteiger partial charge in [-0.25, -0.2) is 4.39 Å². The van der Waals surface area contributed by atoms with Crippen LogP contribution in [-0.4, -0.2) is 24.3 Å². The third-order valence-corrected chi connectivity index (χ3v) is 6.25. The Kier molecular flexibility index (Phi) is 7.04. The molecule has 1 heterocycles. The predicted molar refractivity (Wildman–Crippen MR) is 119 cm³/mol. The Labute approximate surface area is 180 Å². The van der Waals surface area contributed by atoms with Crippen molar-refractivity contribution >= 4 is 34.1 Å². The number of thioether (sulfide) groups is 1. The average molecular weight is 432 g/mol. The number of benzene rings is 2. The third kappa shape index (κ3) is 4.85. The summed E-state index contributed by atoms with van der Waals surface area (Å²) in [5, 5.41) is 1.33. The van der Waals surface area contributed by atoms with Crippen molar-refractivity contribution in [2.45, 2.75) is 26.7 Å². The molecular weight excluding hydrogens is 409 g/mol. The van der Waals surface area contributed by atoms with Crippen molar-refractivity contribution in [3.8, 4) is 5.75 Å². The van der Waals surface area contributed by atoms with Gasteiger partial charge >= 0.3 is 0 Å². The lowest BCUT2D eigenvalue weighted by Crippen LogP contribution is -2.18. The molecule has 3 nitrogen and oxygen atoms in total. The van der Waals surface area contributed by atoms with Crippen molar-refractivity contribution in [3.63, 3.8) is 0 Å². The zero-order chi connectivity index (χ0) is 21.0. The Morgan fingerprint density at radius 3 is 2.62 bits per heavy atom. The van der Waals surface area contributed by atoms with Crippen LogP contribution >= 0.6 is 23.4 Å². The number of ketones is 1. The van der Waals surface area contributed by atoms with Gasteiger partial charge in [-0.15, -0.1) is 0 Å². The van der Waals surface area contributed by atoms with Gasteiger partial charge in [0, 0.05) is 28.2 Å². The van der Waals surface area contributed by atoms with E-state index in [4.69, 9.17) is 16.3 Å². The summed E-state index contributed by atoms with van der Waals surface area (Å²) in [4.78, 5) is 16.2. The average Bonchev–Trinajstić information content (AvgIpc) is 3.02. The largest absolute Gasteiger partial charge is 0.496 e. The molecule has 2 aromatic rings. The maximum absolute atomic E-state index is 13.3. The van der Waals surface area contributed by atoms with E-state index < -0.39 is 0 Å². The van der Waals surface area contributed by atoms with Gasteiger partial charge in [-0.1, -0.05) is 48.8 Å². The van der Waals surface area contributed by atoms with Gasteiger partial charge < -0.3 is 9.64 Å². The molecule has 0 unspecified atom stereocenters. The van der Waals surface area contributed by atoms with E-state index in [1.807, 2.05) is 6.92 Å². The molecule has 0 atom stereocenters. The van der Waals surface area contributed by atoms with E-state index in [-0.39, 0.29) is 11.6 Å². The topological polar surface area (TPSA) is 29.5 Å². The van der Waals surface area contributed by atoms with Gasteiger partial charge in [0.25, 0.3) is 0 Å². The van der Waals surface area contributed by atoms with Crippen molar-refractivity contribution in [3.05, 3.63) is 81.2 Å². The van der Waals surface area contributed by atoms with E-state index in [0.717, 1.165) is 40.6 Å². The van der Waals surface area contributed by atoms with Crippen LogP contribution < -0.4 is 4.74 Å². The highest BCUT2D eigenvalue weighted by molar-refractivity contribution is 8.12. The number of nitrogens with zero attached hydrogens (tertiary/aromatic N) is 1. The predicted octanol–water partition coefficient (Wildman–Crippen LogP) is 6.75. The Morgan fingerprint density at radius 2 is 1.97 bits per heavy atom. The zero-order valence-corrected chi connectivity index (χ0v) is 18.2. The standard InChI is InChI=1S/C23H23ClFNO2S/c1-4-5-12-26-15(2)23(16-6-9-18(25)10-7-16)29-22(26)14-20(27)19-13-17(24)8-11-21(19)28-3/h6-11,13-14H,4-5,12H2,1-3H3. The van der Waals surface area contributed by atoms with Crippen LogP contribution in [0.1, 0.15) is 42.6 Å². The fourth-order valence-electron chi connectivity index (χ4n) is 3.15. The Balaban J connectivity index is 1.96. The van der Waals surface area contributed by atoms with Gasteiger partial charge in [0.15, 0.2) is 5.78 Å². The van der Waals surface area contributed by atoms with Crippen LogP contribution in [0.3, 0.4) is 0 Å². The first-order valence-corrected chi connectivity index (χ1v) is 10.7. The molecule has 0 saturated heterocycles. The molecule has 3 rings (SSSR count). The molecule has 0 saturated carbocycles. The van der Waals surface area contributed by atoms with Crippen LogP contribution in [0.4, 0.5) is 4.39 Å². The summed E-state index contributed by atoms with van der Waals surface area (Å²) in [7, 11) is 1.53. The minimum Gasteiger partial charge on any atom is -0.496 e. The third-order valence-electron chi connectivity index (χ3n) is 4.73. The van der Waals surface area contributed by atoms with E-state index in [0.29, 0.717) is 16.3 Å². The lowest BCUT2D eigenvalue weighted by Gasteiger charge is -2.21. The molecule has 2 aromatic carbocycles. The molecule has 152 valence electrons. The Hall–Kier alpha value is -2.24. The van der Waals surface area contributed by atoms with Crippen LogP contribution in [0.15, 0.2) is 59.3 Å². The molecule has 0 N–H and O–H groups in total. The van der Waals surface area contributed by atoms with Crippen molar-refractivity contribution in [2.24, 2.45) is 0 Å². The second-order valence-electron chi connectivity index (χ2n) is 6.72. The number of hydrogen-bond acceptors (Lipinski definition) is 4. The molecule has 1 aliphatic rings. The lowest BCUT2D eigenvalue weighted by molar-refractivity contribution is 0.104. The van der Waals surface area contributed by atoms with E-state index in [2.05, 4.69) is 11.8 Å². The second-order valence-corrected chi connectivity index (χ2v) is 8.19. The molecule has 0 aliphatic carbocycles. The maximum Gasteiger partial charge on any atom is 0.192 e. The first-order valence-electron chi connectivity index (χ1n) is 9.46. The highest BCUT2D eigenvalue weighted by Crippen LogP contribution is 2.46. The lowest BCUT2D eigenvalue weighted by atomic mass is 10.1. The fourth-order valence-corrected chi connectivity index (χ4v) is 4.55. The van der Waals surface area contributed by atoms with Gasteiger partial charge in [-0.05, 0) is 49.2 Å². The molecule has 6 heteroatoms. The van der Waals surface area contributed by atoms with Crippen molar-refractivity contribution in [1.29, 1.82) is 0 Å². The molecule has 0 bridgehead atoms. The van der Waals surface area contributed by atoms with Gasteiger partial charge in [0.05, 0.1) is 17.7 Å². The van der Waals surface area contributed by atoms with Crippen LogP contribution in [0, 0.1) is 5.82 Å². The first-order chi connectivity index (χ1) is 13.9. The number of methoxy groups -OCH3 is 1. The second kappa shape index (κ2) is 9.51. The number of carbonyl (C=O) groups excluding carboxylic acids is 1. The monoisotopic (exact) mass is 431 g/mol. The molecule has 0 amide bonds. The van der Waals surface area contributed by atoms with Crippen LogP contribution in [0.25, 0.3) is 4.91 Å². The van der Waals surface area contributed by atoms with Crippen molar-refractivity contribution < 1.29 is 13.9 Å². The van der Waals surface area contributed by atoms with Crippen molar-refractivity contribution in [2.75, 3.05) is 13.7 Å². The van der Waals surface area contributed by atoms with E-state index in [9.17, 15) is 9.18 Å². The van der Waals surface area contributed by atoms with Gasteiger partial charge in [-0.3, -0.25) is 4.79 Å². The van der Waals surface area contributed by atoms with Gasteiger partial charge in [0.1, 0.15) is 11.6 Å². The molecule has 0 spiro atoms. The Bertz CT molecular complexity index is 969. The fraction of sp³-hybridized carbons (Fsp3) is 0.261. The number of allylic oxidation sites excluding steroid dienone is 2. The smallest absolute Gasteiger partial charge is 0.192 e. The number of halogens is 2. The minimum absolute atomic E-state index is 0.165. The summed E-state index contributed by atoms with van der Waals surface area (Å²) in [6.07, 6.45) is 3.68. The summed E-state index contributed by atoms with van der Waals surface area (Å²) in [5.74, 6) is 0.0566. The van der Waals surface area contributed by atoms with Gasteiger partial charge in [-0.2, -0.15) is 0 Å². The summed E-state index contributed by atoms with van der Waals surface area (Å²) in [5.41, 5.74) is 2.43. The normalized spacial score (nSPS) is 15.3. The Morgan fingerprint density at radius 1 is 1.24 bits per heavy atom. The van der Waals surface area contributed by atoms with E-state index >= 15 is 0 Å². The van der Waals surface area contributed by atoms with Crippen LogP contribution in [-0.2, 0) is 0 Å². The van der Waals surface area contributed by atoms with Crippen molar-refractivity contribution in [1.82, 2.24) is 4.90 Å². The summed E-state index contributed by atoms with van der Waals surface area (Å²) >= 11 is 7.61. The molecule has 0 radical (unpaired) electrons. The molecule has 0 aromatic heterocycles.